The van der Waals surface area contributed by atoms with Crippen LogP contribution in [0, 0.1) is 0 Å². The van der Waals surface area contributed by atoms with Crippen LogP contribution in [0.25, 0.3) is 0 Å². The highest BCUT2D eigenvalue weighted by Gasteiger charge is 2.33. The molecule has 1 atom stereocenters. The molecular formula is C30H33BrClN3O5S. The van der Waals surface area contributed by atoms with Gasteiger partial charge in [0, 0.05) is 17.1 Å². The van der Waals surface area contributed by atoms with Gasteiger partial charge in [0.25, 0.3) is 10.0 Å². The van der Waals surface area contributed by atoms with Crippen molar-refractivity contribution in [1.82, 2.24) is 10.2 Å². The minimum Gasteiger partial charge on any atom is -0.495 e. The molecule has 3 aromatic rings. The summed E-state index contributed by atoms with van der Waals surface area (Å²) in [5.41, 5.74) is 0.992. The highest BCUT2D eigenvalue weighted by molar-refractivity contribution is 9.10. The molecule has 0 radical (unpaired) electrons. The van der Waals surface area contributed by atoms with Gasteiger partial charge in [0.2, 0.25) is 11.8 Å². The zero-order valence-corrected chi connectivity index (χ0v) is 26.1. The van der Waals surface area contributed by atoms with Crippen molar-refractivity contribution in [2.45, 2.75) is 56.1 Å². The fourth-order valence-electron chi connectivity index (χ4n) is 4.82. The third-order valence-corrected chi connectivity index (χ3v) is 9.78. The van der Waals surface area contributed by atoms with Crippen LogP contribution in [0.3, 0.4) is 0 Å². The first kappa shape index (κ1) is 30.9. The number of hydrogen-bond donors (Lipinski definition) is 1. The van der Waals surface area contributed by atoms with Gasteiger partial charge in [0.1, 0.15) is 18.3 Å². The Balaban J connectivity index is 1.70. The van der Waals surface area contributed by atoms with Gasteiger partial charge in [-0.05, 0) is 67.8 Å². The Bertz CT molecular complexity index is 1470. The fraction of sp³-hybridized carbons (Fsp3) is 0.333. The fourth-order valence-corrected chi connectivity index (χ4v) is 6.76. The topological polar surface area (TPSA) is 96.0 Å². The number of ether oxygens (including phenoxy) is 1. The SMILES string of the molecule is COc1ccc(N(CC(=O)N(Cc2ccc(Br)cc2)[C@H](C)C(=O)NC2CCCC2)S(=O)(=O)c2ccccc2)cc1Cl. The Morgan fingerprint density at radius 1 is 1.05 bits per heavy atom. The molecule has 0 aromatic heterocycles. The summed E-state index contributed by atoms with van der Waals surface area (Å²) >= 11 is 9.79. The number of nitrogens with zero attached hydrogens (tertiary/aromatic N) is 2. The number of sulfonamides is 1. The van der Waals surface area contributed by atoms with Crippen LogP contribution in [0.15, 0.2) is 82.2 Å². The van der Waals surface area contributed by atoms with E-state index in [1.807, 2.05) is 24.3 Å². The maximum Gasteiger partial charge on any atom is 0.264 e. The third-order valence-electron chi connectivity index (χ3n) is 7.17. The van der Waals surface area contributed by atoms with Crippen molar-refractivity contribution in [3.63, 3.8) is 0 Å². The van der Waals surface area contributed by atoms with Gasteiger partial charge in [-0.1, -0.05) is 70.7 Å². The Morgan fingerprint density at radius 3 is 2.32 bits per heavy atom. The lowest BCUT2D eigenvalue weighted by molar-refractivity contribution is -0.139. The maximum absolute atomic E-state index is 14.0. The molecule has 1 saturated carbocycles. The second-order valence-electron chi connectivity index (χ2n) is 9.96. The summed E-state index contributed by atoms with van der Waals surface area (Å²) in [6, 6.07) is 19.1. The number of methoxy groups -OCH3 is 1. The lowest BCUT2D eigenvalue weighted by Gasteiger charge is -2.32. The van der Waals surface area contributed by atoms with Crippen LogP contribution >= 0.6 is 27.5 Å². The third kappa shape index (κ3) is 7.61. The molecule has 0 saturated heterocycles. The van der Waals surface area contributed by atoms with Crippen molar-refractivity contribution in [3.8, 4) is 5.75 Å². The summed E-state index contributed by atoms with van der Waals surface area (Å²) in [6.45, 7) is 1.24. The largest absolute Gasteiger partial charge is 0.495 e. The van der Waals surface area contributed by atoms with Crippen LogP contribution in [0.5, 0.6) is 5.75 Å². The Hall–Kier alpha value is -3.08. The number of hydrogen-bond acceptors (Lipinski definition) is 5. The van der Waals surface area contributed by atoms with Gasteiger partial charge < -0.3 is 15.0 Å². The number of carbonyl (C=O) groups excluding carboxylic acids is 2. The van der Waals surface area contributed by atoms with E-state index in [0.717, 1.165) is 40.0 Å². The smallest absolute Gasteiger partial charge is 0.264 e. The minimum absolute atomic E-state index is 0.0197. The number of anilines is 1. The number of amides is 2. The standard InChI is InChI=1S/C30H33BrClN3O5S/c1-21(30(37)33-24-8-6-7-9-24)34(19-22-12-14-23(31)15-13-22)29(36)20-35(25-16-17-28(40-2)27(32)18-25)41(38,39)26-10-4-3-5-11-26/h3-5,10-18,21,24H,6-9,19-20H2,1-2H3,(H,33,37)/t21-/m1/s1. The molecule has 3 aromatic carbocycles. The molecule has 11 heteroatoms. The summed E-state index contributed by atoms with van der Waals surface area (Å²) in [5, 5.41) is 3.26. The average molecular weight is 663 g/mol. The molecule has 1 N–H and O–H groups in total. The summed E-state index contributed by atoms with van der Waals surface area (Å²) in [7, 11) is -2.72. The molecule has 1 fully saturated rings. The molecule has 218 valence electrons. The lowest BCUT2D eigenvalue weighted by Crippen LogP contribution is -2.52. The van der Waals surface area contributed by atoms with Gasteiger partial charge in [-0.2, -0.15) is 0 Å². The first-order valence-corrected chi connectivity index (χ1v) is 16.0. The first-order valence-electron chi connectivity index (χ1n) is 13.4. The number of benzene rings is 3. The van der Waals surface area contributed by atoms with Crippen LogP contribution in [0.4, 0.5) is 5.69 Å². The number of halogens is 2. The van der Waals surface area contributed by atoms with E-state index >= 15 is 0 Å². The molecule has 0 bridgehead atoms. The van der Waals surface area contributed by atoms with Crippen molar-refractivity contribution in [2.24, 2.45) is 0 Å². The van der Waals surface area contributed by atoms with E-state index in [2.05, 4.69) is 21.2 Å². The molecule has 41 heavy (non-hydrogen) atoms. The normalized spacial score (nSPS) is 14.3. The average Bonchev–Trinajstić information content (AvgIpc) is 3.48. The van der Waals surface area contributed by atoms with Crippen molar-refractivity contribution >= 4 is 55.1 Å². The summed E-state index contributed by atoms with van der Waals surface area (Å²) in [6.07, 6.45) is 3.91. The summed E-state index contributed by atoms with van der Waals surface area (Å²) < 4.78 is 34.9. The Morgan fingerprint density at radius 2 is 1.71 bits per heavy atom. The van der Waals surface area contributed by atoms with Crippen LogP contribution < -0.4 is 14.4 Å². The number of rotatable bonds is 11. The number of carbonyl (C=O) groups is 2. The Labute approximate surface area is 254 Å². The molecule has 0 aliphatic heterocycles. The zero-order chi connectivity index (χ0) is 29.6. The van der Waals surface area contributed by atoms with Crippen LogP contribution in [0.1, 0.15) is 38.2 Å². The second kappa shape index (κ2) is 13.7. The van der Waals surface area contributed by atoms with Crippen molar-refractivity contribution in [3.05, 3.63) is 87.9 Å². The van der Waals surface area contributed by atoms with Gasteiger partial charge in [-0.15, -0.1) is 0 Å². The van der Waals surface area contributed by atoms with Gasteiger partial charge in [0.05, 0.1) is 22.7 Å². The molecule has 4 rings (SSSR count). The quantitative estimate of drug-likeness (QED) is 0.281. The summed E-state index contributed by atoms with van der Waals surface area (Å²) in [5.74, 6) is -0.436. The highest BCUT2D eigenvalue weighted by atomic mass is 79.9. The van der Waals surface area contributed by atoms with Crippen LogP contribution in [-0.4, -0.2) is 50.9 Å². The van der Waals surface area contributed by atoms with Gasteiger partial charge in [-0.25, -0.2) is 8.42 Å². The van der Waals surface area contributed by atoms with E-state index in [0.29, 0.717) is 5.75 Å². The van der Waals surface area contributed by atoms with Crippen molar-refractivity contribution in [2.75, 3.05) is 18.0 Å². The van der Waals surface area contributed by atoms with Crippen LogP contribution in [-0.2, 0) is 26.2 Å². The van der Waals surface area contributed by atoms with E-state index in [1.165, 1.54) is 36.3 Å². The second-order valence-corrected chi connectivity index (χ2v) is 13.1. The Kier molecular flexibility index (Phi) is 10.3. The van der Waals surface area contributed by atoms with E-state index in [4.69, 9.17) is 16.3 Å². The van der Waals surface area contributed by atoms with Gasteiger partial charge >= 0.3 is 0 Å². The predicted molar refractivity (Wildman–Crippen MR) is 164 cm³/mol. The predicted octanol–water partition coefficient (Wildman–Crippen LogP) is 5.78. The molecule has 8 nitrogen and oxygen atoms in total. The zero-order valence-electron chi connectivity index (χ0n) is 22.9. The van der Waals surface area contributed by atoms with E-state index in [1.54, 1.807) is 31.2 Å². The van der Waals surface area contributed by atoms with Crippen LogP contribution in [0.2, 0.25) is 5.02 Å². The first-order chi connectivity index (χ1) is 19.6. The molecule has 1 aliphatic carbocycles. The summed E-state index contributed by atoms with van der Waals surface area (Å²) in [4.78, 5) is 28.8. The molecule has 0 spiro atoms. The van der Waals surface area contributed by atoms with Gasteiger partial charge in [-0.3, -0.25) is 13.9 Å². The molecule has 2 amide bonds. The highest BCUT2D eigenvalue weighted by Crippen LogP contribution is 2.32. The maximum atomic E-state index is 14.0. The van der Waals surface area contributed by atoms with Gasteiger partial charge in [0.15, 0.2) is 0 Å². The monoisotopic (exact) mass is 661 g/mol. The number of nitrogens with one attached hydrogen (secondary N) is 1. The van der Waals surface area contributed by atoms with E-state index in [9.17, 15) is 18.0 Å². The molecule has 0 unspecified atom stereocenters. The van der Waals surface area contributed by atoms with Crippen molar-refractivity contribution in [1.29, 1.82) is 0 Å². The molecular weight excluding hydrogens is 630 g/mol. The van der Waals surface area contributed by atoms with Crippen molar-refractivity contribution < 1.29 is 22.7 Å². The lowest BCUT2D eigenvalue weighted by atomic mass is 10.1. The van der Waals surface area contributed by atoms with E-state index in [-0.39, 0.29) is 34.1 Å². The molecule has 1 aliphatic rings. The van der Waals surface area contributed by atoms with E-state index < -0.39 is 28.5 Å². The minimum atomic E-state index is -4.18. The molecule has 0 heterocycles.